The third-order valence-corrected chi connectivity index (χ3v) is 4.45. The molecule has 0 spiro atoms. The first-order valence-electron chi connectivity index (χ1n) is 7.47. The van der Waals surface area contributed by atoms with Gasteiger partial charge in [-0.1, -0.05) is 35.5 Å². The van der Waals surface area contributed by atoms with Gasteiger partial charge in [-0.05, 0) is 37.6 Å². The Bertz CT molecular complexity index is 915. The van der Waals surface area contributed by atoms with Crippen molar-refractivity contribution in [2.75, 3.05) is 5.32 Å². The smallest absolute Gasteiger partial charge is 0.319 e. The van der Waals surface area contributed by atoms with Gasteiger partial charge >= 0.3 is 5.69 Å². The van der Waals surface area contributed by atoms with Crippen molar-refractivity contribution in [1.29, 1.82) is 0 Å². The highest BCUT2D eigenvalue weighted by molar-refractivity contribution is 7.99. The van der Waals surface area contributed by atoms with Gasteiger partial charge in [-0.3, -0.25) is 10.1 Å². The van der Waals surface area contributed by atoms with E-state index in [1.54, 1.807) is 12.3 Å². The number of nitrogens with one attached hydrogen (secondary N) is 1. The number of nitro groups is 1. The number of hydrogen-bond acceptors (Lipinski definition) is 7. The van der Waals surface area contributed by atoms with Crippen LogP contribution >= 0.6 is 11.8 Å². The molecule has 0 aliphatic carbocycles. The van der Waals surface area contributed by atoms with E-state index in [-0.39, 0.29) is 16.5 Å². The van der Waals surface area contributed by atoms with Gasteiger partial charge in [0.25, 0.3) is 0 Å². The van der Waals surface area contributed by atoms with Crippen LogP contribution in [0.2, 0.25) is 0 Å². The second-order valence-electron chi connectivity index (χ2n) is 5.34. The van der Waals surface area contributed by atoms with Crippen molar-refractivity contribution in [3.05, 3.63) is 70.2 Å². The summed E-state index contributed by atoms with van der Waals surface area (Å²) < 4.78 is 0. The van der Waals surface area contributed by atoms with Crippen LogP contribution < -0.4 is 5.32 Å². The third kappa shape index (κ3) is 3.92. The lowest BCUT2D eigenvalue weighted by atomic mass is 10.2. The minimum absolute atomic E-state index is 0.122. The van der Waals surface area contributed by atoms with E-state index in [4.69, 9.17) is 0 Å². The van der Waals surface area contributed by atoms with Crippen molar-refractivity contribution in [2.24, 2.45) is 0 Å². The molecule has 0 aliphatic rings. The summed E-state index contributed by atoms with van der Waals surface area (Å²) in [5.41, 5.74) is 1.82. The Kier molecular flexibility index (Phi) is 4.90. The molecule has 0 radical (unpaired) electrons. The number of pyridine rings is 1. The molecule has 25 heavy (non-hydrogen) atoms. The van der Waals surface area contributed by atoms with Crippen LogP contribution in [0.1, 0.15) is 11.1 Å². The maximum atomic E-state index is 11.6. The molecule has 0 fully saturated rings. The van der Waals surface area contributed by atoms with Crippen molar-refractivity contribution in [2.45, 2.75) is 23.8 Å². The minimum atomic E-state index is -0.475. The molecule has 0 unspecified atom stereocenters. The van der Waals surface area contributed by atoms with Crippen molar-refractivity contribution in [3.8, 4) is 0 Å². The average Bonchev–Trinajstić information content (AvgIpc) is 2.59. The number of rotatable bonds is 5. The minimum Gasteiger partial charge on any atom is -0.319 e. The monoisotopic (exact) mass is 353 g/mol. The fourth-order valence-corrected chi connectivity index (χ4v) is 3.00. The summed E-state index contributed by atoms with van der Waals surface area (Å²) in [6, 6.07) is 11.4. The molecule has 7 nitrogen and oxygen atoms in total. The molecular weight excluding hydrogens is 338 g/mol. The molecule has 8 heteroatoms. The lowest BCUT2D eigenvalue weighted by molar-refractivity contribution is -0.387. The lowest BCUT2D eigenvalue weighted by Crippen LogP contribution is -2.04. The topological polar surface area (TPSA) is 93.8 Å². The Balaban J connectivity index is 1.98. The number of aryl methyl sites for hydroxylation is 2. The molecule has 0 amide bonds. The van der Waals surface area contributed by atoms with Gasteiger partial charge in [-0.2, -0.15) is 0 Å². The van der Waals surface area contributed by atoms with Crippen LogP contribution in [0.4, 0.5) is 17.3 Å². The second-order valence-corrected chi connectivity index (χ2v) is 6.40. The van der Waals surface area contributed by atoms with E-state index in [1.807, 2.05) is 44.2 Å². The SMILES string of the molecule is Cc1ccc(Sc2ncnc(Nc3ncccc3C)c2[N+](=O)[O-])cc1. The van der Waals surface area contributed by atoms with Gasteiger partial charge in [0.2, 0.25) is 5.82 Å². The maximum absolute atomic E-state index is 11.6. The fourth-order valence-electron chi connectivity index (χ4n) is 2.14. The van der Waals surface area contributed by atoms with Crippen molar-refractivity contribution in [1.82, 2.24) is 15.0 Å². The molecule has 3 rings (SSSR count). The van der Waals surface area contributed by atoms with Gasteiger partial charge in [-0.15, -0.1) is 0 Å². The lowest BCUT2D eigenvalue weighted by Gasteiger charge is -2.09. The highest BCUT2D eigenvalue weighted by Gasteiger charge is 2.24. The zero-order chi connectivity index (χ0) is 17.8. The second kappa shape index (κ2) is 7.27. The van der Waals surface area contributed by atoms with Crippen molar-refractivity contribution >= 4 is 29.1 Å². The molecule has 0 aliphatic heterocycles. The van der Waals surface area contributed by atoms with E-state index in [0.29, 0.717) is 5.82 Å². The molecule has 126 valence electrons. The van der Waals surface area contributed by atoms with Crippen molar-refractivity contribution < 1.29 is 4.92 Å². The standard InChI is InChI=1S/C17H15N5O2S/c1-11-5-7-13(8-6-11)25-17-14(22(23)24)16(19-10-20-17)21-15-12(2)4-3-9-18-15/h3-10H,1-2H3,(H,18,19,20,21). The van der Waals surface area contributed by atoms with Gasteiger partial charge in [0.05, 0.1) is 4.92 Å². The Labute approximate surface area is 148 Å². The summed E-state index contributed by atoms with van der Waals surface area (Å²) in [5, 5.41) is 14.8. The number of benzene rings is 1. The first-order chi connectivity index (χ1) is 12.0. The quantitative estimate of drug-likeness (QED) is 0.415. The van der Waals surface area contributed by atoms with Crippen LogP contribution in [0.5, 0.6) is 0 Å². The van der Waals surface area contributed by atoms with Crippen LogP contribution in [0.3, 0.4) is 0 Å². The highest BCUT2D eigenvalue weighted by atomic mass is 32.2. The zero-order valence-electron chi connectivity index (χ0n) is 13.6. The Morgan fingerprint density at radius 2 is 1.80 bits per heavy atom. The Morgan fingerprint density at radius 3 is 2.48 bits per heavy atom. The first kappa shape index (κ1) is 16.8. The number of anilines is 2. The number of hydrogen-bond donors (Lipinski definition) is 1. The predicted molar refractivity (Wildman–Crippen MR) is 96.2 cm³/mol. The maximum Gasteiger partial charge on any atom is 0.343 e. The average molecular weight is 353 g/mol. The summed E-state index contributed by atoms with van der Waals surface area (Å²) >= 11 is 1.23. The van der Waals surface area contributed by atoms with E-state index in [1.165, 1.54) is 18.1 Å². The molecule has 3 aromatic rings. The normalized spacial score (nSPS) is 10.5. The largest absolute Gasteiger partial charge is 0.343 e. The van der Waals surface area contributed by atoms with Gasteiger partial charge < -0.3 is 5.32 Å². The van der Waals surface area contributed by atoms with Gasteiger partial charge in [-0.25, -0.2) is 15.0 Å². The predicted octanol–water partition coefficient (Wildman–Crippen LogP) is 4.29. The molecule has 0 atom stereocenters. The van der Waals surface area contributed by atoms with E-state index in [2.05, 4.69) is 20.3 Å². The molecular formula is C17H15N5O2S. The molecule has 1 N–H and O–H groups in total. The Morgan fingerprint density at radius 1 is 1.04 bits per heavy atom. The number of aromatic nitrogens is 3. The van der Waals surface area contributed by atoms with Gasteiger partial charge in [0.15, 0.2) is 5.03 Å². The van der Waals surface area contributed by atoms with E-state index in [9.17, 15) is 10.1 Å². The van der Waals surface area contributed by atoms with E-state index in [0.717, 1.165) is 16.0 Å². The van der Waals surface area contributed by atoms with Crippen LogP contribution in [0.25, 0.3) is 0 Å². The zero-order valence-corrected chi connectivity index (χ0v) is 14.4. The van der Waals surface area contributed by atoms with Crippen LogP contribution in [-0.4, -0.2) is 19.9 Å². The Hall–Kier alpha value is -3.00. The molecule has 1 aromatic carbocycles. The van der Waals surface area contributed by atoms with E-state index < -0.39 is 4.92 Å². The summed E-state index contributed by atoms with van der Waals surface area (Å²) in [6.07, 6.45) is 2.93. The summed E-state index contributed by atoms with van der Waals surface area (Å²) in [4.78, 5) is 24.3. The highest BCUT2D eigenvalue weighted by Crippen LogP contribution is 2.37. The molecule has 0 bridgehead atoms. The fraction of sp³-hybridized carbons (Fsp3) is 0.118. The molecule has 0 saturated heterocycles. The summed E-state index contributed by atoms with van der Waals surface area (Å²) in [6.45, 7) is 3.85. The van der Waals surface area contributed by atoms with Gasteiger partial charge in [0, 0.05) is 11.1 Å². The number of nitrogens with zero attached hydrogens (tertiary/aromatic N) is 4. The molecule has 2 aromatic heterocycles. The molecule has 2 heterocycles. The molecule has 0 saturated carbocycles. The summed E-state index contributed by atoms with van der Waals surface area (Å²) in [7, 11) is 0. The van der Waals surface area contributed by atoms with Crippen molar-refractivity contribution in [3.63, 3.8) is 0 Å². The first-order valence-corrected chi connectivity index (χ1v) is 8.29. The summed E-state index contributed by atoms with van der Waals surface area (Å²) in [5.74, 6) is 0.645. The van der Waals surface area contributed by atoms with Crippen LogP contribution in [0.15, 0.2) is 58.8 Å². The van der Waals surface area contributed by atoms with Gasteiger partial charge in [0.1, 0.15) is 12.1 Å². The third-order valence-electron chi connectivity index (χ3n) is 3.45. The van der Waals surface area contributed by atoms with E-state index >= 15 is 0 Å². The van der Waals surface area contributed by atoms with Crippen LogP contribution in [0, 0.1) is 24.0 Å². The van der Waals surface area contributed by atoms with Crippen LogP contribution in [-0.2, 0) is 0 Å².